The van der Waals surface area contributed by atoms with Gasteiger partial charge in [0.25, 0.3) is 0 Å². The minimum Gasteiger partial charge on any atom is -0.289 e. The molecule has 0 atom stereocenters. The van der Waals surface area contributed by atoms with Gasteiger partial charge >= 0.3 is 0 Å². The Balaban J connectivity index is 2.44. The average molecular weight is 403 g/mol. The van der Waals surface area contributed by atoms with Gasteiger partial charge in [0.15, 0.2) is 5.78 Å². The third-order valence-corrected chi connectivity index (χ3v) is 4.45. The van der Waals surface area contributed by atoms with Crippen LogP contribution in [0.4, 0.5) is 0 Å². The molecule has 0 heterocycles. The van der Waals surface area contributed by atoms with E-state index in [1.807, 2.05) is 37.3 Å². The fourth-order valence-corrected chi connectivity index (χ4v) is 3.15. The van der Waals surface area contributed by atoms with Gasteiger partial charge in [-0.15, -0.1) is 0 Å². The summed E-state index contributed by atoms with van der Waals surface area (Å²) in [4.78, 5) is 12.4. The van der Waals surface area contributed by atoms with Gasteiger partial charge < -0.3 is 0 Å². The Kier molecular flexibility index (Phi) is 4.82. The Morgan fingerprint density at radius 1 is 1.21 bits per heavy atom. The number of carbonyl (C=O) groups excluding carboxylic acids is 1. The zero-order valence-corrected chi connectivity index (χ0v) is 14.1. The number of rotatable bonds is 3. The summed E-state index contributed by atoms with van der Waals surface area (Å²) in [7, 11) is 0. The summed E-state index contributed by atoms with van der Waals surface area (Å²) in [6, 6.07) is 11.1. The fourth-order valence-electron chi connectivity index (χ4n) is 1.72. The number of hydrogen-bond acceptors (Lipinski definition) is 1. The van der Waals surface area contributed by atoms with Gasteiger partial charge in [0.1, 0.15) is 0 Å². The van der Waals surface area contributed by atoms with Crippen molar-refractivity contribution in [3.05, 3.63) is 68.1 Å². The molecule has 1 nitrogen and oxygen atoms in total. The van der Waals surface area contributed by atoms with Crippen LogP contribution in [0.5, 0.6) is 0 Å². The molecule has 0 unspecified atom stereocenters. The molecule has 98 valence electrons. The molecule has 0 bridgehead atoms. The van der Waals surface area contributed by atoms with Gasteiger partial charge in [0.05, 0.1) is 0 Å². The Labute approximate surface area is 134 Å². The lowest BCUT2D eigenvalue weighted by Crippen LogP contribution is -2.03. The van der Waals surface area contributed by atoms with E-state index in [4.69, 9.17) is 11.6 Å². The molecule has 0 aliphatic carbocycles. The zero-order valence-electron chi connectivity index (χ0n) is 10.2. The van der Waals surface area contributed by atoms with Crippen molar-refractivity contribution in [2.75, 3.05) is 0 Å². The lowest BCUT2D eigenvalue weighted by atomic mass is 10.0. The van der Waals surface area contributed by atoms with Gasteiger partial charge in [-0.1, -0.05) is 73.3 Å². The lowest BCUT2D eigenvalue weighted by Gasteiger charge is -2.08. The van der Waals surface area contributed by atoms with Gasteiger partial charge in [-0.25, -0.2) is 0 Å². The fraction of sp³-hybridized carbons (Fsp3) is 0.133. The van der Waals surface area contributed by atoms with Crippen LogP contribution in [-0.4, -0.2) is 5.78 Å². The molecule has 0 amide bonds. The van der Waals surface area contributed by atoms with Gasteiger partial charge in [-0.05, 0) is 24.6 Å². The van der Waals surface area contributed by atoms with Crippen LogP contribution < -0.4 is 0 Å². The molecule has 4 heteroatoms. The zero-order chi connectivity index (χ0) is 14.0. The second-order valence-electron chi connectivity index (χ2n) is 4.25. The molecular weight excluding hydrogens is 391 g/mol. The van der Waals surface area contributed by atoms with E-state index in [1.54, 1.807) is 6.07 Å². The molecule has 0 saturated carbocycles. The summed E-state index contributed by atoms with van der Waals surface area (Å²) in [5.41, 5.74) is 3.32. The van der Waals surface area contributed by atoms with Crippen molar-refractivity contribution in [3.8, 4) is 0 Å². The highest BCUT2D eigenvalue weighted by Crippen LogP contribution is 2.28. The first-order valence-corrected chi connectivity index (χ1v) is 7.97. The van der Waals surface area contributed by atoms with E-state index in [1.165, 1.54) is 0 Å². The minimum absolute atomic E-state index is 0.0325. The van der Waals surface area contributed by atoms with E-state index in [0.717, 1.165) is 15.6 Å². The van der Waals surface area contributed by atoms with E-state index in [2.05, 4.69) is 31.9 Å². The quantitative estimate of drug-likeness (QED) is 0.487. The van der Waals surface area contributed by atoms with Gasteiger partial charge in [0.2, 0.25) is 0 Å². The van der Waals surface area contributed by atoms with Crippen LogP contribution in [-0.2, 0) is 5.33 Å². The van der Waals surface area contributed by atoms with Crippen molar-refractivity contribution in [2.45, 2.75) is 12.3 Å². The maximum absolute atomic E-state index is 12.4. The first-order valence-electron chi connectivity index (χ1n) is 5.68. The van der Waals surface area contributed by atoms with Crippen LogP contribution in [0.25, 0.3) is 0 Å². The lowest BCUT2D eigenvalue weighted by molar-refractivity contribution is 0.103. The molecule has 0 fully saturated rings. The first-order chi connectivity index (χ1) is 9.02. The second-order valence-corrected chi connectivity index (χ2v) is 6.07. The predicted octanol–water partition coefficient (Wildman–Crippen LogP) is 5.54. The average Bonchev–Trinajstić information content (AvgIpc) is 2.41. The standard InChI is InChI=1S/C15H11Br2ClO/c1-9-2-4-10(5-3-9)15(19)12-7-14(18)11(8-16)6-13(12)17/h2-7H,8H2,1H3. The Bertz CT molecular complexity index is 621. The van der Waals surface area contributed by atoms with Gasteiger partial charge in [-0.3, -0.25) is 4.79 Å². The minimum atomic E-state index is -0.0325. The third kappa shape index (κ3) is 3.28. The second kappa shape index (κ2) is 6.21. The number of halogens is 3. The topological polar surface area (TPSA) is 17.1 Å². The highest BCUT2D eigenvalue weighted by Gasteiger charge is 2.15. The number of benzene rings is 2. The molecule has 0 aromatic heterocycles. The number of hydrogen-bond donors (Lipinski definition) is 0. The molecule has 2 rings (SSSR count). The Morgan fingerprint density at radius 3 is 2.42 bits per heavy atom. The van der Waals surface area contributed by atoms with E-state index < -0.39 is 0 Å². The maximum atomic E-state index is 12.4. The number of alkyl halides is 1. The molecule has 0 aliphatic rings. The van der Waals surface area contributed by atoms with Crippen LogP contribution in [0, 0.1) is 6.92 Å². The molecule has 0 radical (unpaired) electrons. The molecular formula is C15H11Br2ClO. The summed E-state index contributed by atoms with van der Waals surface area (Å²) in [5.74, 6) is -0.0325. The van der Waals surface area contributed by atoms with Crippen LogP contribution in [0.2, 0.25) is 5.02 Å². The SMILES string of the molecule is Cc1ccc(C(=O)c2cc(Cl)c(CBr)cc2Br)cc1. The largest absolute Gasteiger partial charge is 0.289 e. The monoisotopic (exact) mass is 400 g/mol. The normalized spacial score (nSPS) is 10.5. The third-order valence-electron chi connectivity index (χ3n) is 2.84. The summed E-state index contributed by atoms with van der Waals surface area (Å²) < 4.78 is 0.761. The summed E-state index contributed by atoms with van der Waals surface area (Å²) >= 11 is 13.0. The Morgan fingerprint density at radius 2 is 1.84 bits per heavy atom. The highest BCUT2D eigenvalue weighted by atomic mass is 79.9. The van der Waals surface area contributed by atoms with Crippen molar-refractivity contribution in [1.29, 1.82) is 0 Å². The summed E-state index contributed by atoms with van der Waals surface area (Å²) in [6.07, 6.45) is 0. The number of carbonyl (C=O) groups is 1. The van der Waals surface area contributed by atoms with Crippen molar-refractivity contribution in [3.63, 3.8) is 0 Å². The summed E-state index contributed by atoms with van der Waals surface area (Å²) in [5, 5.41) is 1.25. The molecule has 19 heavy (non-hydrogen) atoms. The maximum Gasteiger partial charge on any atom is 0.194 e. The smallest absolute Gasteiger partial charge is 0.194 e. The summed E-state index contributed by atoms with van der Waals surface area (Å²) in [6.45, 7) is 1.99. The molecule has 0 spiro atoms. The molecule has 2 aromatic carbocycles. The Hall–Kier alpha value is -0.640. The van der Waals surface area contributed by atoms with E-state index in [0.29, 0.717) is 21.5 Å². The van der Waals surface area contributed by atoms with Crippen molar-refractivity contribution in [2.24, 2.45) is 0 Å². The van der Waals surface area contributed by atoms with E-state index in [9.17, 15) is 4.79 Å². The van der Waals surface area contributed by atoms with Gasteiger partial charge in [0, 0.05) is 26.0 Å². The molecule has 0 aliphatic heterocycles. The van der Waals surface area contributed by atoms with E-state index in [-0.39, 0.29) is 5.78 Å². The van der Waals surface area contributed by atoms with Crippen LogP contribution >= 0.6 is 43.5 Å². The predicted molar refractivity (Wildman–Crippen MR) is 86.4 cm³/mol. The first kappa shape index (κ1) is 14.8. The molecule has 2 aromatic rings. The molecule has 0 N–H and O–H groups in total. The highest BCUT2D eigenvalue weighted by molar-refractivity contribution is 9.10. The van der Waals surface area contributed by atoms with Crippen LogP contribution in [0.15, 0.2) is 40.9 Å². The van der Waals surface area contributed by atoms with E-state index >= 15 is 0 Å². The van der Waals surface area contributed by atoms with Crippen molar-refractivity contribution < 1.29 is 4.79 Å². The van der Waals surface area contributed by atoms with Crippen molar-refractivity contribution in [1.82, 2.24) is 0 Å². The van der Waals surface area contributed by atoms with Crippen molar-refractivity contribution >= 4 is 49.2 Å². The van der Waals surface area contributed by atoms with Crippen LogP contribution in [0.3, 0.4) is 0 Å². The van der Waals surface area contributed by atoms with Crippen LogP contribution in [0.1, 0.15) is 27.0 Å². The number of ketones is 1. The molecule has 0 saturated heterocycles. The van der Waals surface area contributed by atoms with Gasteiger partial charge in [-0.2, -0.15) is 0 Å². The number of aryl methyl sites for hydroxylation is 1.